The maximum absolute atomic E-state index is 11.9. The zero-order valence-electron chi connectivity index (χ0n) is 17.4. The summed E-state index contributed by atoms with van der Waals surface area (Å²) in [6.45, 7) is 3.36. The first-order chi connectivity index (χ1) is 15.4. The minimum Gasteiger partial charge on any atom is -0.310 e. The quantitative estimate of drug-likeness (QED) is 0.220. The van der Waals surface area contributed by atoms with Gasteiger partial charge < -0.3 is 5.32 Å². The summed E-state index contributed by atoms with van der Waals surface area (Å²) in [5.74, 6) is 0.390. The van der Waals surface area contributed by atoms with Crippen molar-refractivity contribution in [1.82, 2.24) is 15.3 Å². The van der Waals surface area contributed by atoms with Crippen LogP contribution in [0.4, 0.5) is 11.5 Å². The molecule has 0 fully saturated rings. The van der Waals surface area contributed by atoms with Crippen LogP contribution in [0.5, 0.6) is 0 Å². The van der Waals surface area contributed by atoms with Gasteiger partial charge in [-0.3, -0.25) is 19.9 Å². The molecule has 0 saturated heterocycles. The Bertz CT molecular complexity index is 1370. The second-order valence-electron chi connectivity index (χ2n) is 7.22. The normalized spacial score (nSPS) is 11.4. The molecule has 0 aliphatic carbocycles. The lowest BCUT2D eigenvalue weighted by molar-refractivity contribution is -0.384. The number of aromatic nitrogens is 2. The van der Waals surface area contributed by atoms with E-state index in [1.54, 1.807) is 30.5 Å². The van der Waals surface area contributed by atoms with Gasteiger partial charge in [0.25, 0.3) is 5.69 Å². The van der Waals surface area contributed by atoms with Crippen LogP contribution in [-0.2, 0) is 4.79 Å². The maximum atomic E-state index is 11.9. The van der Waals surface area contributed by atoms with Crippen molar-refractivity contribution in [3.63, 3.8) is 0 Å². The standard InChI is InChI=1S/C24H19N5O3/c1-15-6-5-7-17(12-15)23(26-16(2)30)28-24-20-10-9-19(29(31)32)13-18(20)14-22(27-24)21-8-3-4-11-25-21/h3-14H,1-2H3,(H,26,27,28,30). The average Bonchev–Trinajstić information content (AvgIpc) is 2.78. The number of benzene rings is 2. The molecule has 0 aliphatic rings. The van der Waals surface area contributed by atoms with Gasteiger partial charge in [-0.1, -0.05) is 29.8 Å². The number of rotatable bonds is 4. The van der Waals surface area contributed by atoms with E-state index in [1.807, 2.05) is 37.3 Å². The molecule has 2 aromatic carbocycles. The van der Waals surface area contributed by atoms with Gasteiger partial charge in [-0.15, -0.1) is 0 Å². The summed E-state index contributed by atoms with van der Waals surface area (Å²) in [5.41, 5.74) is 2.82. The number of amidine groups is 1. The van der Waals surface area contributed by atoms with Gasteiger partial charge in [0.05, 0.1) is 16.3 Å². The Labute approximate surface area is 183 Å². The van der Waals surface area contributed by atoms with Crippen molar-refractivity contribution in [3.8, 4) is 11.4 Å². The molecule has 8 nitrogen and oxygen atoms in total. The highest BCUT2D eigenvalue weighted by Crippen LogP contribution is 2.31. The Morgan fingerprint density at radius 1 is 1.03 bits per heavy atom. The lowest BCUT2D eigenvalue weighted by Gasteiger charge is -2.11. The lowest BCUT2D eigenvalue weighted by atomic mass is 10.1. The molecule has 1 amide bonds. The fraction of sp³-hybridized carbons (Fsp3) is 0.0833. The number of carbonyl (C=O) groups excluding carboxylic acids is 1. The third kappa shape index (κ3) is 4.49. The first-order valence-electron chi connectivity index (χ1n) is 9.84. The monoisotopic (exact) mass is 425 g/mol. The fourth-order valence-corrected chi connectivity index (χ4v) is 3.30. The predicted octanol–water partition coefficient (Wildman–Crippen LogP) is 4.73. The SMILES string of the molecule is CC(=O)NC(=Nc1nc(-c2ccccn2)cc2cc([N+](=O)[O-])ccc12)c1cccc(C)c1. The second kappa shape index (κ2) is 8.73. The topological polar surface area (TPSA) is 110 Å². The van der Waals surface area contributed by atoms with Crippen molar-refractivity contribution in [3.05, 3.63) is 94.2 Å². The molecule has 158 valence electrons. The number of nitrogens with zero attached hydrogens (tertiary/aromatic N) is 4. The molecule has 8 heteroatoms. The van der Waals surface area contributed by atoms with E-state index >= 15 is 0 Å². The highest BCUT2D eigenvalue weighted by Gasteiger charge is 2.14. The summed E-state index contributed by atoms with van der Waals surface area (Å²) in [5, 5.41) is 15.3. The molecule has 4 rings (SSSR count). The van der Waals surface area contributed by atoms with Crippen LogP contribution in [-0.4, -0.2) is 26.6 Å². The lowest BCUT2D eigenvalue weighted by Crippen LogP contribution is -2.29. The van der Waals surface area contributed by atoms with Crippen LogP contribution >= 0.6 is 0 Å². The number of amides is 1. The summed E-state index contributed by atoms with van der Waals surface area (Å²) in [6, 6.07) is 19.3. The van der Waals surface area contributed by atoms with Crippen molar-refractivity contribution in [1.29, 1.82) is 0 Å². The van der Waals surface area contributed by atoms with Crippen molar-refractivity contribution < 1.29 is 9.72 Å². The smallest absolute Gasteiger partial charge is 0.270 e. The summed E-state index contributed by atoms with van der Waals surface area (Å²) in [6.07, 6.45) is 1.65. The number of pyridine rings is 2. The molecule has 2 aromatic heterocycles. The van der Waals surface area contributed by atoms with E-state index in [4.69, 9.17) is 0 Å². The van der Waals surface area contributed by atoms with Crippen LogP contribution < -0.4 is 5.32 Å². The van der Waals surface area contributed by atoms with Crippen LogP contribution in [0.15, 0.2) is 77.9 Å². The van der Waals surface area contributed by atoms with Crippen LogP contribution in [0.3, 0.4) is 0 Å². The van der Waals surface area contributed by atoms with E-state index < -0.39 is 4.92 Å². The zero-order valence-corrected chi connectivity index (χ0v) is 17.4. The highest BCUT2D eigenvalue weighted by atomic mass is 16.6. The highest BCUT2D eigenvalue weighted by molar-refractivity contribution is 6.09. The molecule has 4 aromatic rings. The number of aliphatic imine (C=N–C) groups is 1. The van der Waals surface area contributed by atoms with Crippen molar-refractivity contribution >= 4 is 34.0 Å². The molecule has 0 unspecified atom stereocenters. The van der Waals surface area contributed by atoms with E-state index in [9.17, 15) is 14.9 Å². The number of nitrogens with one attached hydrogen (secondary N) is 1. The molecule has 0 bridgehead atoms. The molecule has 1 N–H and O–H groups in total. The van der Waals surface area contributed by atoms with E-state index in [0.29, 0.717) is 33.8 Å². The minimum absolute atomic E-state index is 0.0358. The minimum atomic E-state index is -0.446. The Morgan fingerprint density at radius 3 is 2.56 bits per heavy atom. The average molecular weight is 425 g/mol. The van der Waals surface area contributed by atoms with Gasteiger partial charge in [0, 0.05) is 36.2 Å². The van der Waals surface area contributed by atoms with Crippen LogP contribution in [0.1, 0.15) is 18.1 Å². The molecule has 0 radical (unpaired) electrons. The van der Waals surface area contributed by atoms with Crippen LogP contribution in [0, 0.1) is 17.0 Å². The third-order valence-corrected chi connectivity index (χ3v) is 4.74. The molecule has 0 saturated carbocycles. The molecule has 0 spiro atoms. The van der Waals surface area contributed by atoms with Gasteiger partial charge in [0.15, 0.2) is 5.82 Å². The van der Waals surface area contributed by atoms with Crippen molar-refractivity contribution in [2.24, 2.45) is 4.99 Å². The molecule has 2 heterocycles. The van der Waals surface area contributed by atoms with E-state index in [2.05, 4.69) is 20.3 Å². The van der Waals surface area contributed by atoms with Gasteiger partial charge >= 0.3 is 0 Å². The largest absolute Gasteiger partial charge is 0.310 e. The molecule has 0 aliphatic heterocycles. The fourth-order valence-electron chi connectivity index (χ4n) is 3.30. The van der Waals surface area contributed by atoms with Crippen molar-refractivity contribution in [2.45, 2.75) is 13.8 Å². The zero-order chi connectivity index (χ0) is 22.7. The second-order valence-corrected chi connectivity index (χ2v) is 7.22. The maximum Gasteiger partial charge on any atom is 0.270 e. The van der Waals surface area contributed by atoms with E-state index in [-0.39, 0.29) is 11.6 Å². The summed E-state index contributed by atoms with van der Waals surface area (Å²) >= 11 is 0. The van der Waals surface area contributed by atoms with Gasteiger partial charge in [-0.05, 0) is 42.6 Å². The van der Waals surface area contributed by atoms with Gasteiger partial charge in [-0.2, -0.15) is 0 Å². The Balaban J connectivity index is 1.98. The van der Waals surface area contributed by atoms with Gasteiger partial charge in [0.2, 0.25) is 5.91 Å². The van der Waals surface area contributed by atoms with Crippen molar-refractivity contribution in [2.75, 3.05) is 0 Å². The summed E-state index contributed by atoms with van der Waals surface area (Å²) < 4.78 is 0. The third-order valence-electron chi connectivity index (χ3n) is 4.74. The summed E-state index contributed by atoms with van der Waals surface area (Å²) in [7, 11) is 0. The Kier molecular flexibility index (Phi) is 5.67. The molecule has 0 atom stereocenters. The van der Waals surface area contributed by atoms with E-state index in [0.717, 1.165) is 11.1 Å². The van der Waals surface area contributed by atoms with Crippen LogP contribution in [0.2, 0.25) is 0 Å². The molecular weight excluding hydrogens is 406 g/mol. The number of aryl methyl sites for hydroxylation is 1. The number of hydrogen-bond donors (Lipinski definition) is 1. The molecular formula is C24H19N5O3. The Hall–Kier alpha value is -4.46. The first kappa shape index (κ1) is 20.8. The number of non-ortho nitro benzene ring substituents is 1. The Morgan fingerprint density at radius 2 is 1.88 bits per heavy atom. The summed E-state index contributed by atoms with van der Waals surface area (Å²) in [4.78, 5) is 36.4. The van der Waals surface area contributed by atoms with E-state index in [1.165, 1.54) is 19.1 Å². The number of carbonyl (C=O) groups is 1. The number of nitro groups is 1. The molecule has 32 heavy (non-hydrogen) atoms. The first-order valence-corrected chi connectivity index (χ1v) is 9.84. The number of nitro benzene ring substituents is 1. The van der Waals surface area contributed by atoms with Gasteiger partial charge in [-0.25, -0.2) is 9.98 Å². The van der Waals surface area contributed by atoms with Gasteiger partial charge in [0.1, 0.15) is 5.84 Å². The number of hydrogen-bond acceptors (Lipinski definition) is 6. The van der Waals surface area contributed by atoms with Crippen LogP contribution in [0.25, 0.3) is 22.2 Å². The number of fused-ring (bicyclic) bond motifs is 1. The predicted molar refractivity (Wildman–Crippen MR) is 123 cm³/mol.